The van der Waals surface area contributed by atoms with E-state index in [9.17, 15) is 9.18 Å². The summed E-state index contributed by atoms with van der Waals surface area (Å²) in [5.41, 5.74) is 1.96. The molecule has 0 saturated carbocycles. The maximum atomic E-state index is 13.6. The molecule has 1 amide bonds. The fourth-order valence-electron chi connectivity index (χ4n) is 3.50. The average Bonchev–Trinajstić information content (AvgIpc) is 2.74. The van der Waals surface area contributed by atoms with E-state index in [1.165, 1.54) is 12.1 Å². The Labute approximate surface area is 170 Å². The fourth-order valence-corrected chi connectivity index (χ4v) is 3.50. The van der Waals surface area contributed by atoms with E-state index in [0.29, 0.717) is 23.5 Å². The summed E-state index contributed by atoms with van der Waals surface area (Å²) in [5, 5.41) is 11.9. The van der Waals surface area contributed by atoms with E-state index in [1.807, 2.05) is 6.92 Å². The number of methoxy groups -OCH3 is 1. The van der Waals surface area contributed by atoms with Crippen molar-refractivity contribution < 1.29 is 13.9 Å². The van der Waals surface area contributed by atoms with Gasteiger partial charge in [0.15, 0.2) is 0 Å². The molecule has 6 nitrogen and oxygen atoms in total. The zero-order valence-corrected chi connectivity index (χ0v) is 16.7. The standard InChI is InChI=1S/C22H25FN4O2/c1-16(22(28)25-20-5-3-4-17(12-20)14-24)27-10-8-26(9-11-27)15-18-13-19(23)6-7-21(18)29-2/h3-7,12-13,16H,8-11,15H2,1-2H3,(H,25,28)/t16-/m0/s1. The normalized spacial score (nSPS) is 16.1. The molecule has 29 heavy (non-hydrogen) atoms. The zero-order valence-electron chi connectivity index (χ0n) is 16.7. The number of hydrogen-bond acceptors (Lipinski definition) is 5. The van der Waals surface area contributed by atoms with Crippen LogP contribution in [0.15, 0.2) is 42.5 Å². The summed E-state index contributed by atoms with van der Waals surface area (Å²) in [5.74, 6) is 0.312. The number of nitrogens with zero attached hydrogens (tertiary/aromatic N) is 3. The number of amides is 1. The first kappa shape index (κ1) is 20.8. The van der Waals surface area contributed by atoms with Gasteiger partial charge >= 0.3 is 0 Å². The van der Waals surface area contributed by atoms with Crippen LogP contribution in [0.4, 0.5) is 10.1 Å². The minimum atomic E-state index is -0.286. The molecule has 152 valence electrons. The Morgan fingerprint density at radius 3 is 2.69 bits per heavy atom. The summed E-state index contributed by atoms with van der Waals surface area (Å²) in [6.07, 6.45) is 0. The van der Waals surface area contributed by atoms with Crippen molar-refractivity contribution >= 4 is 11.6 Å². The van der Waals surface area contributed by atoms with Gasteiger partial charge in [-0.05, 0) is 43.3 Å². The van der Waals surface area contributed by atoms with Crippen LogP contribution in [-0.4, -0.2) is 55.0 Å². The number of benzene rings is 2. The van der Waals surface area contributed by atoms with Crippen LogP contribution in [0.5, 0.6) is 5.75 Å². The number of carbonyl (C=O) groups is 1. The topological polar surface area (TPSA) is 68.6 Å². The summed E-state index contributed by atoms with van der Waals surface area (Å²) >= 11 is 0. The molecule has 1 heterocycles. The molecule has 2 aromatic carbocycles. The van der Waals surface area contributed by atoms with Gasteiger partial charge in [-0.1, -0.05) is 6.07 Å². The molecule has 1 saturated heterocycles. The van der Waals surface area contributed by atoms with Crippen LogP contribution in [0.25, 0.3) is 0 Å². The van der Waals surface area contributed by atoms with Gasteiger partial charge in [-0.15, -0.1) is 0 Å². The van der Waals surface area contributed by atoms with Gasteiger partial charge in [0, 0.05) is 44.0 Å². The summed E-state index contributed by atoms with van der Waals surface area (Å²) in [4.78, 5) is 17.0. The number of nitriles is 1. The van der Waals surface area contributed by atoms with Crippen LogP contribution in [0.1, 0.15) is 18.1 Å². The monoisotopic (exact) mass is 396 g/mol. The molecule has 2 aromatic rings. The minimum Gasteiger partial charge on any atom is -0.496 e. The summed E-state index contributed by atoms with van der Waals surface area (Å²) in [7, 11) is 1.58. The van der Waals surface area contributed by atoms with Crippen LogP contribution in [0.3, 0.4) is 0 Å². The van der Waals surface area contributed by atoms with Gasteiger partial charge in [-0.25, -0.2) is 4.39 Å². The first-order valence-electron chi connectivity index (χ1n) is 9.60. The molecule has 0 aliphatic carbocycles. The smallest absolute Gasteiger partial charge is 0.241 e. The van der Waals surface area contributed by atoms with E-state index >= 15 is 0 Å². The maximum absolute atomic E-state index is 13.6. The van der Waals surface area contributed by atoms with E-state index < -0.39 is 0 Å². The average molecular weight is 396 g/mol. The molecular formula is C22H25FN4O2. The highest BCUT2D eigenvalue weighted by molar-refractivity contribution is 5.94. The van der Waals surface area contributed by atoms with Crippen LogP contribution < -0.4 is 10.1 Å². The Kier molecular flexibility index (Phi) is 6.81. The number of rotatable bonds is 6. The van der Waals surface area contributed by atoms with Crippen molar-refractivity contribution in [2.75, 3.05) is 38.6 Å². The molecule has 0 unspecified atom stereocenters. The molecule has 1 aliphatic rings. The second kappa shape index (κ2) is 9.50. The Morgan fingerprint density at radius 2 is 2.00 bits per heavy atom. The lowest BCUT2D eigenvalue weighted by atomic mass is 10.1. The molecule has 7 heteroatoms. The molecule has 1 atom stereocenters. The summed E-state index contributed by atoms with van der Waals surface area (Å²) < 4.78 is 18.9. The lowest BCUT2D eigenvalue weighted by Gasteiger charge is -2.37. The first-order chi connectivity index (χ1) is 14.0. The maximum Gasteiger partial charge on any atom is 0.241 e. The van der Waals surface area contributed by atoms with Crippen LogP contribution in [-0.2, 0) is 11.3 Å². The highest BCUT2D eigenvalue weighted by atomic mass is 19.1. The van der Waals surface area contributed by atoms with Crippen molar-refractivity contribution in [3.05, 3.63) is 59.4 Å². The second-order valence-electron chi connectivity index (χ2n) is 7.13. The van der Waals surface area contributed by atoms with E-state index in [4.69, 9.17) is 10.00 Å². The number of hydrogen-bond donors (Lipinski definition) is 1. The van der Waals surface area contributed by atoms with Gasteiger partial charge in [0.05, 0.1) is 24.8 Å². The van der Waals surface area contributed by atoms with Crippen molar-refractivity contribution in [3.8, 4) is 11.8 Å². The largest absolute Gasteiger partial charge is 0.496 e. The highest BCUT2D eigenvalue weighted by Crippen LogP contribution is 2.22. The third-order valence-electron chi connectivity index (χ3n) is 5.23. The highest BCUT2D eigenvalue weighted by Gasteiger charge is 2.26. The Balaban J connectivity index is 1.54. The molecule has 3 rings (SSSR count). The van der Waals surface area contributed by atoms with Crippen LogP contribution >= 0.6 is 0 Å². The quantitative estimate of drug-likeness (QED) is 0.813. The Bertz CT molecular complexity index is 904. The molecule has 0 bridgehead atoms. The Morgan fingerprint density at radius 1 is 1.24 bits per heavy atom. The van der Waals surface area contributed by atoms with Crippen LogP contribution in [0.2, 0.25) is 0 Å². The Hall–Kier alpha value is -2.95. The molecule has 0 aromatic heterocycles. The van der Waals surface area contributed by atoms with Crippen molar-refractivity contribution in [2.24, 2.45) is 0 Å². The van der Waals surface area contributed by atoms with Crippen molar-refractivity contribution in [1.29, 1.82) is 5.26 Å². The van der Waals surface area contributed by atoms with Crippen molar-refractivity contribution in [2.45, 2.75) is 19.5 Å². The van der Waals surface area contributed by atoms with Crippen LogP contribution in [0, 0.1) is 17.1 Å². The molecular weight excluding hydrogens is 371 g/mol. The molecule has 1 fully saturated rings. The lowest BCUT2D eigenvalue weighted by molar-refractivity contribution is -0.121. The molecule has 1 N–H and O–H groups in total. The third-order valence-corrected chi connectivity index (χ3v) is 5.23. The van der Waals surface area contributed by atoms with E-state index in [2.05, 4.69) is 21.2 Å². The summed E-state index contributed by atoms with van der Waals surface area (Å²) in [6, 6.07) is 13.2. The number of piperazine rings is 1. The van der Waals surface area contributed by atoms with Gasteiger partial charge in [-0.2, -0.15) is 5.26 Å². The lowest BCUT2D eigenvalue weighted by Crippen LogP contribution is -2.52. The predicted octanol–water partition coefficient (Wildman–Crippen LogP) is 2.85. The van der Waals surface area contributed by atoms with E-state index in [-0.39, 0.29) is 17.8 Å². The predicted molar refractivity (Wildman–Crippen MR) is 109 cm³/mol. The van der Waals surface area contributed by atoms with Gasteiger partial charge < -0.3 is 10.1 Å². The SMILES string of the molecule is COc1ccc(F)cc1CN1CCN([C@@H](C)C(=O)Nc2cccc(C#N)c2)CC1. The van der Waals surface area contributed by atoms with Crippen molar-refractivity contribution in [1.82, 2.24) is 9.80 Å². The van der Waals surface area contributed by atoms with Crippen molar-refractivity contribution in [3.63, 3.8) is 0 Å². The van der Waals surface area contributed by atoms with Gasteiger partial charge in [-0.3, -0.25) is 14.6 Å². The van der Waals surface area contributed by atoms with Gasteiger partial charge in [0.25, 0.3) is 0 Å². The second-order valence-corrected chi connectivity index (χ2v) is 7.13. The van der Waals surface area contributed by atoms with Gasteiger partial charge in [0.2, 0.25) is 5.91 Å². The van der Waals surface area contributed by atoms with E-state index in [0.717, 1.165) is 31.7 Å². The first-order valence-corrected chi connectivity index (χ1v) is 9.60. The number of anilines is 1. The number of nitrogens with one attached hydrogen (secondary N) is 1. The molecule has 0 radical (unpaired) electrons. The number of halogens is 1. The number of carbonyl (C=O) groups excluding carboxylic acids is 1. The third kappa shape index (κ3) is 5.31. The zero-order chi connectivity index (χ0) is 20.8. The van der Waals surface area contributed by atoms with Gasteiger partial charge in [0.1, 0.15) is 11.6 Å². The summed E-state index contributed by atoms with van der Waals surface area (Å²) in [6.45, 7) is 5.53. The molecule has 1 aliphatic heterocycles. The number of ether oxygens (including phenoxy) is 1. The minimum absolute atomic E-state index is 0.0969. The molecule has 0 spiro atoms. The fraction of sp³-hybridized carbons (Fsp3) is 0.364. The van der Waals surface area contributed by atoms with E-state index in [1.54, 1.807) is 37.4 Å².